The average Bonchev–Trinajstić information content (AvgIpc) is 2.65. The maximum absolute atomic E-state index is 5.73. The molecule has 0 unspecified atom stereocenters. The van der Waals surface area contributed by atoms with Gasteiger partial charge in [0.25, 0.3) is 0 Å². The second kappa shape index (κ2) is 4.18. The molecule has 2 N–H and O–H groups in total. The highest BCUT2D eigenvalue weighted by Crippen LogP contribution is 2.28. The molecule has 2 heterocycles. The molecule has 1 aliphatic heterocycles. The molecule has 0 atom stereocenters. The van der Waals surface area contributed by atoms with E-state index in [1.807, 2.05) is 6.20 Å². The number of nitrogens with zero attached hydrogens (tertiary/aromatic N) is 3. The highest BCUT2D eigenvalue weighted by molar-refractivity contribution is 5.18. The lowest BCUT2D eigenvalue weighted by Gasteiger charge is -2.34. The number of hydrogen-bond acceptors (Lipinski definition) is 3. The molecule has 1 fully saturated rings. The van der Waals surface area contributed by atoms with Crippen LogP contribution in [0.15, 0.2) is 6.20 Å². The summed E-state index contributed by atoms with van der Waals surface area (Å²) in [4.78, 5) is 2.57. The lowest BCUT2D eigenvalue weighted by atomic mass is 9.85. The summed E-state index contributed by atoms with van der Waals surface area (Å²) >= 11 is 0. The molecular formula is C12H20N4. The molecule has 4 heteroatoms. The van der Waals surface area contributed by atoms with Crippen molar-refractivity contribution in [3.8, 4) is 0 Å². The van der Waals surface area contributed by atoms with Crippen molar-refractivity contribution in [3.63, 3.8) is 0 Å². The van der Waals surface area contributed by atoms with E-state index in [4.69, 9.17) is 5.73 Å². The Morgan fingerprint density at radius 2 is 2.25 bits per heavy atom. The zero-order valence-electron chi connectivity index (χ0n) is 9.73. The van der Waals surface area contributed by atoms with Crippen LogP contribution in [0.25, 0.3) is 0 Å². The zero-order valence-corrected chi connectivity index (χ0v) is 9.73. The van der Waals surface area contributed by atoms with E-state index < -0.39 is 0 Å². The largest absolute Gasteiger partial charge is 0.326 e. The smallest absolute Gasteiger partial charge is 0.0569 e. The Bertz CT molecular complexity index is 354. The highest BCUT2D eigenvalue weighted by atomic mass is 15.3. The number of rotatable bonds is 3. The number of hydrogen-bond donors (Lipinski definition) is 1. The van der Waals surface area contributed by atoms with Crippen LogP contribution in [-0.4, -0.2) is 27.8 Å². The van der Waals surface area contributed by atoms with E-state index in [1.165, 1.54) is 37.1 Å². The van der Waals surface area contributed by atoms with Crippen molar-refractivity contribution >= 4 is 0 Å². The molecule has 0 aromatic carbocycles. The van der Waals surface area contributed by atoms with Crippen LogP contribution in [0.4, 0.5) is 0 Å². The standard InChI is InChI=1S/C12H20N4/c13-6-11-7-14-16-5-4-15(9-12(11)16)8-10-2-1-3-10/h7,10H,1-6,8-9,13H2. The minimum atomic E-state index is 0.618. The van der Waals surface area contributed by atoms with Gasteiger partial charge in [0.05, 0.1) is 18.4 Å². The fourth-order valence-corrected chi connectivity index (χ4v) is 2.72. The lowest BCUT2D eigenvalue weighted by molar-refractivity contribution is 0.145. The third-order valence-corrected chi connectivity index (χ3v) is 4.00. The molecule has 1 aromatic heterocycles. The highest BCUT2D eigenvalue weighted by Gasteiger charge is 2.24. The average molecular weight is 220 g/mol. The number of nitrogens with two attached hydrogens (primary N) is 1. The lowest BCUT2D eigenvalue weighted by Crippen LogP contribution is -2.39. The van der Waals surface area contributed by atoms with Gasteiger partial charge in [-0.1, -0.05) is 6.42 Å². The maximum atomic E-state index is 5.73. The van der Waals surface area contributed by atoms with Gasteiger partial charge in [0.1, 0.15) is 0 Å². The van der Waals surface area contributed by atoms with Crippen LogP contribution in [0, 0.1) is 5.92 Å². The fraction of sp³-hybridized carbons (Fsp3) is 0.750. The molecule has 0 bridgehead atoms. The second-order valence-corrected chi connectivity index (χ2v) is 5.08. The van der Waals surface area contributed by atoms with Crippen molar-refractivity contribution in [1.29, 1.82) is 0 Å². The van der Waals surface area contributed by atoms with Gasteiger partial charge in [-0.2, -0.15) is 5.10 Å². The summed E-state index contributed by atoms with van der Waals surface area (Å²) in [7, 11) is 0. The van der Waals surface area contributed by atoms with Gasteiger partial charge in [-0.25, -0.2) is 0 Å². The first-order valence-corrected chi connectivity index (χ1v) is 6.33. The van der Waals surface area contributed by atoms with Crippen molar-refractivity contribution in [2.45, 2.75) is 38.9 Å². The van der Waals surface area contributed by atoms with Crippen LogP contribution >= 0.6 is 0 Å². The van der Waals surface area contributed by atoms with Crippen molar-refractivity contribution in [2.24, 2.45) is 11.7 Å². The summed E-state index contributed by atoms with van der Waals surface area (Å²) in [5.41, 5.74) is 8.29. The topological polar surface area (TPSA) is 47.1 Å². The zero-order chi connectivity index (χ0) is 11.0. The van der Waals surface area contributed by atoms with Gasteiger partial charge in [-0.05, 0) is 18.8 Å². The van der Waals surface area contributed by atoms with Gasteiger partial charge in [-0.15, -0.1) is 0 Å². The molecule has 0 spiro atoms. The molecule has 1 aromatic rings. The Labute approximate surface area is 96.4 Å². The Morgan fingerprint density at radius 3 is 2.94 bits per heavy atom. The summed E-state index contributed by atoms with van der Waals surface area (Å²) in [5, 5.41) is 4.39. The van der Waals surface area contributed by atoms with Crippen molar-refractivity contribution in [3.05, 3.63) is 17.5 Å². The van der Waals surface area contributed by atoms with Crippen molar-refractivity contribution in [2.75, 3.05) is 13.1 Å². The minimum Gasteiger partial charge on any atom is -0.326 e. The van der Waals surface area contributed by atoms with Crippen molar-refractivity contribution < 1.29 is 0 Å². The molecule has 88 valence electrons. The Hall–Kier alpha value is -0.870. The first-order valence-electron chi connectivity index (χ1n) is 6.33. The van der Waals surface area contributed by atoms with Crippen LogP contribution in [0.2, 0.25) is 0 Å². The van der Waals surface area contributed by atoms with Crippen LogP contribution in [0.3, 0.4) is 0 Å². The SMILES string of the molecule is NCc1cnn2c1CN(CC1CCC1)CC2. The molecule has 0 radical (unpaired) electrons. The van der Waals surface area contributed by atoms with E-state index in [2.05, 4.69) is 14.7 Å². The predicted molar refractivity (Wildman–Crippen MR) is 62.7 cm³/mol. The molecule has 1 saturated carbocycles. The van der Waals surface area contributed by atoms with E-state index in [9.17, 15) is 0 Å². The van der Waals surface area contributed by atoms with Gasteiger partial charge >= 0.3 is 0 Å². The van der Waals surface area contributed by atoms with Gasteiger partial charge in [-0.3, -0.25) is 9.58 Å². The van der Waals surface area contributed by atoms with Crippen LogP contribution < -0.4 is 5.73 Å². The van der Waals surface area contributed by atoms with Crippen LogP contribution in [-0.2, 0) is 19.6 Å². The maximum Gasteiger partial charge on any atom is 0.0569 e. The second-order valence-electron chi connectivity index (χ2n) is 5.08. The molecule has 3 rings (SSSR count). The van der Waals surface area contributed by atoms with Gasteiger partial charge in [0.2, 0.25) is 0 Å². The van der Waals surface area contributed by atoms with E-state index in [1.54, 1.807) is 0 Å². The van der Waals surface area contributed by atoms with Crippen LogP contribution in [0.1, 0.15) is 30.5 Å². The summed E-state index contributed by atoms with van der Waals surface area (Å²) in [6.07, 6.45) is 6.23. The summed E-state index contributed by atoms with van der Waals surface area (Å²) in [6.45, 7) is 5.11. The van der Waals surface area contributed by atoms with E-state index in [0.29, 0.717) is 6.54 Å². The van der Waals surface area contributed by atoms with Crippen molar-refractivity contribution in [1.82, 2.24) is 14.7 Å². The summed E-state index contributed by atoms with van der Waals surface area (Å²) in [6, 6.07) is 0. The monoisotopic (exact) mass is 220 g/mol. The molecule has 2 aliphatic rings. The summed E-state index contributed by atoms with van der Waals surface area (Å²) in [5.74, 6) is 0.954. The van der Waals surface area contributed by atoms with E-state index >= 15 is 0 Å². The normalized spacial score (nSPS) is 21.8. The quantitative estimate of drug-likeness (QED) is 0.825. The molecular weight excluding hydrogens is 200 g/mol. The third kappa shape index (κ3) is 1.76. The van der Waals surface area contributed by atoms with E-state index in [-0.39, 0.29) is 0 Å². The molecule has 1 aliphatic carbocycles. The molecule has 0 amide bonds. The predicted octanol–water partition coefficient (Wildman–Crippen LogP) is 0.957. The molecule has 0 saturated heterocycles. The number of aromatic nitrogens is 2. The fourth-order valence-electron chi connectivity index (χ4n) is 2.72. The summed E-state index contributed by atoms with van der Waals surface area (Å²) < 4.78 is 2.12. The first kappa shape index (κ1) is 10.3. The molecule has 16 heavy (non-hydrogen) atoms. The van der Waals surface area contributed by atoms with Gasteiger partial charge in [0, 0.05) is 31.7 Å². The Balaban J connectivity index is 1.68. The van der Waals surface area contributed by atoms with Gasteiger partial charge in [0.15, 0.2) is 0 Å². The third-order valence-electron chi connectivity index (χ3n) is 4.00. The van der Waals surface area contributed by atoms with E-state index in [0.717, 1.165) is 25.6 Å². The minimum absolute atomic E-state index is 0.618. The molecule has 4 nitrogen and oxygen atoms in total. The Morgan fingerprint density at radius 1 is 1.38 bits per heavy atom. The number of fused-ring (bicyclic) bond motifs is 1. The Kier molecular flexibility index (Phi) is 2.69. The van der Waals surface area contributed by atoms with Crippen LogP contribution in [0.5, 0.6) is 0 Å². The van der Waals surface area contributed by atoms with Gasteiger partial charge < -0.3 is 5.73 Å². The first-order chi connectivity index (χ1) is 7.86.